The third-order valence-electron chi connectivity index (χ3n) is 2.21. The molecule has 0 spiro atoms. The summed E-state index contributed by atoms with van der Waals surface area (Å²) in [6.07, 6.45) is 3.43. The van der Waals surface area contributed by atoms with Crippen molar-refractivity contribution >= 4 is 0 Å². The van der Waals surface area contributed by atoms with Gasteiger partial charge in [-0.1, -0.05) is 24.3 Å². The highest BCUT2D eigenvalue weighted by molar-refractivity contribution is 5.28. The molecule has 1 heterocycles. The molecule has 1 unspecified atom stereocenters. The zero-order valence-corrected chi connectivity index (χ0v) is 8.17. The first kappa shape index (κ1) is 9.80. The highest BCUT2D eigenvalue weighted by Gasteiger charge is 2.16. The molecule has 2 rings (SSSR count). The third kappa shape index (κ3) is 2.02. The van der Waals surface area contributed by atoms with Gasteiger partial charge in [0.1, 0.15) is 12.5 Å². The Bertz CT molecular complexity index is 376. The van der Waals surface area contributed by atoms with Crippen LogP contribution in [-0.2, 0) is 9.47 Å². The molecule has 0 radical (unpaired) electrons. The van der Waals surface area contributed by atoms with Gasteiger partial charge in [0.2, 0.25) is 0 Å². The number of ether oxygens (including phenoxy) is 2. The molecule has 1 atom stereocenters. The Morgan fingerprint density at radius 2 is 2.07 bits per heavy atom. The molecule has 1 aromatic rings. The van der Waals surface area contributed by atoms with Crippen LogP contribution >= 0.6 is 0 Å². The minimum atomic E-state index is -0.653. The Labute approximate surface area is 88.3 Å². The van der Waals surface area contributed by atoms with E-state index in [4.69, 9.17) is 9.47 Å². The van der Waals surface area contributed by atoms with Crippen LogP contribution in [0.2, 0.25) is 0 Å². The van der Waals surface area contributed by atoms with Crippen molar-refractivity contribution in [2.24, 2.45) is 0 Å². The number of hydrogen-bond donors (Lipinski definition) is 1. The summed E-state index contributed by atoms with van der Waals surface area (Å²) >= 11 is 0. The summed E-state index contributed by atoms with van der Waals surface area (Å²) in [6.45, 7) is 3.54. The van der Waals surface area contributed by atoms with Crippen LogP contribution in [0.25, 0.3) is 0 Å². The van der Waals surface area contributed by atoms with Crippen molar-refractivity contribution in [3.8, 4) is 0 Å². The maximum absolute atomic E-state index is 9.58. The molecule has 78 valence electrons. The van der Waals surface area contributed by atoms with Crippen LogP contribution in [0.4, 0.5) is 0 Å². The lowest BCUT2D eigenvalue weighted by Gasteiger charge is -2.12. The maximum Gasteiger partial charge on any atom is 0.266 e. The van der Waals surface area contributed by atoms with Gasteiger partial charge in [-0.25, -0.2) is 0 Å². The van der Waals surface area contributed by atoms with Gasteiger partial charge in [0.15, 0.2) is 0 Å². The smallest absolute Gasteiger partial charge is 0.266 e. The van der Waals surface area contributed by atoms with Crippen LogP contribution in [0.3, 0.4) is 0 Å². The van der Waals surface area contributed by atoms with Crippen molar-refractivity contribution in [2.45, 2.75) is 12.4 Å². The lowest BCUT2D eigenvalue weighted by Crippen LogP contribution is -2.00. The van der Waals surface area contributed by atoms with Crippen molar-refractivity contribution in [2.75, 3.05) is 0 Å². The highest BCUT2D eigenvalue weighted by atomic mass is 16.7. The van der Waals surface area contributed by atoms with Crippen molar-refractivity contribution in [3.05, 3.63) is 60.6 Å². The molecule has 0 saturated carbocycles. The summed E-state index contributed by atoms with van der Waals surface area (Å²) in [4.78, 5) is 0. The van der Waals surface area contributed by atoms with Gasteiger partial charge in [-0.3, -0.25) is 0 Å². The van der Waals surface area contributed by atoms with Gasteiger partial charge in [0.05, 0.1) is 6.10 Å². The highest BCUT2D eigenvalue weighted by Crippen LogP contribution is 2.26. The zero-order valence-electron chi connectivity index (χ0n) is 8.17. The van der Waals surface area contributed by atoms with E-state index < -0.39 is 12.4 Å². The SMILES string of the molecule is C=CC(O)c1cccc(C2OC=CO2)c1. The Balaban J connectivity index is 2.22. The van der Waals surface area contributed by atoms with E-state index in [0.29, 0.717) is 0 Å². The number of rotatable bonds is 3. The van der Waals surface area contributed by atoms with Crippen LogP contribution in [0.5, 0.6) is 0 Å². The lowest BCUT2D eigenvalue weighted by atomic mass is 10.1. The topological polar surface area (TPSA) is 38.7 Å². The third-order valence-corrected chi connectivity index (χ3v) is 2.21. The Morgan fingerprint density at radius 1 is 1.33 bits per heavy atom. The summed E-state index contributed by atoms with van der Waals surface area (Å²) in [5.41, 5.74) is 1.65. The minimum Gasteiger partial charge on any atom is -0.455 e. The second kappa shape index (κ2) is 4.19. The lowest BCUT2D eigenvalue weighted by molar-refractivity contribution is -0.0247. The van der Waals surface area contributed by atoms with E-state index in [9.17, 15) is 5.11 Å². The van der Waals surface area contributed by atoms with Crippen molar-refractivity contribution in [1.29, 1.82) is 0 Å². The number of hydrogen-bond acceptors (Lipinski definition) is 3. The molecule has 3 nitrogen and oxygen atoms in total. The molecule has 0 saturated heterocycles. The van der Waals surface area contributed by atoms with E-state index in [0.717, 1.165) is 11.1 Å². The molecule has 0 bridgehead atoms. The van der Waals surface area contributed by atoms with Crippen LogP contribution in [0.1, 0.15) is 23.5 Å². The van der Waals surface area contributed by atoms with Gasteiger partial charge in [-0.2, -0.15) is 0 Å². The Hall–Kier alpha value is -1.74. The van der Waals surface area contributed by atoms with Crippen molar-refractivity contribution < 1.29 is 14.6 Å². The van der Waals surface area contributed by atoms with Gasteiger partial charge < -0.3 is 14.6 Å². The van der Waals surface area contributed by atoms with Gasteiger partial charge in [0, 0.05) is 5.56 Å². The summed E-state index contributed by atoms with van der Waals surface area (Å²) < 4.78 is 10.4. The second-order valence-corrected chi connectivity index (χ2v) is 3.23. The van der Waals surface area contributed by atoms with E-state index >= 15 is 0 Å². The predicted octanol–water partition coefficient (Wildman–Crippen LogP) is 2.42. The second-order valence-electron chi connectivity index (χ2n) is 3.23. The molecule has 1 aromatic carbocycles. The normalized spacial score (nSPS) is 16.9. The first-order chi connectivity index (χ1) is 7.31. The Kier molecular flexibility index (Phi) is 2.74. The molecule has 1 aliphatic heterocycles. The molecule has 1 aliphatic rings. The van der Waals surface area contributed by atoms with E-state index in [1.807, 2.05) is 24.3 Å². The molecule has 1 N–H and O–H groups in total. The number of aliphatic hydroxyl groups is 1. The van der Waals surface area contributed by atoms with Crippen LogP contribution in [0.15, 0.2) is 49.4 Å². The van der Waals surface area contributed by atoms with Gasteiger partial charge in [0.25, 0.3) is 6.29 Å². The zero-order chi connectivity index (χ0) is 10.7. The molecule has 15 heavy (non-hydrogen) atoms. The van der Waals surface area contributed by atoms with E-state index in [-0.39, 0.29) is 0 Å². The van der Waals surface area contributed by atoms with Gasteiger partial charge >= 0.3 is 0 Å². The molecular formula is C12H12O3. The molecule has 0 aromatic heterocycles. The average Bonchev–Trinajstić information content (AvgIpc) is 2.82. The average molecular weight is 204 g/mol. The fraction of sp³-hybridized carbons (Fsp3) is 0.167. The van der Waals surface area contributed by atoms with Gasteiger partial charge in [-0.05, 0) is 11.6 Å². The van der Waals surface area contributed by atoms with E-state index in [2.05, 4.69) is 6.58 Å². The quantitative estimate of drug-likeness (QED) is 0.768. The first-order valence-electron chi connectivity index (χ1n) is 4.67. The summed E-state index contributed by atoms with van der Waals surface area (Å²) in [5.74, 6) is 0. The van der Waals surface area contributed by atoms with E-state index in [1.165, 1.54) is 18.6 Å². The molecule has 0 aliphatic carbocycles. The monoisotopic (exact) mass is 204 g/mol. The standard InChI is InChI=1S/C12H12O3/c1-2-11(13)9-4-3-5-10(8-9)12-14-6-7-15-12/h2-8,11-13H,1H2. The first-order valence-corrected chi connectivity index (χ1v) is 4.67. The summed E-state index contributed by atoms with van der Waals surface area (Å²) in [6, 6.07) is 7.40. The Morgan fingerprint density at radius 3 is 2.73 bits per heavy atom. The largest absolute Gasteiger partial charge is 0.455 e. The fourth-order valence-corrected chi connectivity index (χ4v) is 1.42. The van der Waals surface area contributed by atoms with Crippen molar-refractivity contribution in [3.63, 3.8) is 0 Å². The summed E-state index contributed by atoms with van der Waals surface area (Å²) in [7, 11) is 0. The van der Waals surface area contributed by atoms with E-state index in [1.54, 1.807) is 0 Å². The van der Waals surface area contributed by atoms with Crippen molar-refractivity contribution in [1.82, 2.24) is 0 Å². The van der Waals surface area contributed by atoms with Crippen LogP contribution < -0.4 is 0 Å². The number of aliphatic hydroxyl groups excluding tert-OH is 1. The summed E-state index contributed by atoms with van der Waals surface area (Å²) in [5, 5.41) is 9.58. The maximum atomic E-state index is 9.58. The van der Waals surface area contributed by atoms with Crippen LogP contribution in [0, 0.1) is 0 Å². The van der Waals surface area contributed by atoms with Crippen LogP contribution in [-0.4, -0.2) is 5.11 Å². The fourth-order valence-electron chi connectivity index (χ4n) is 1.42. The predicted molar refractivity (Wildman–Crippen MR) is 55.6 cm³/mol. The molecule has 3 heteroatoms. The molecule has 0 fully saturated rings. The number of benzene rings is 1. The minimum absolute atomic E-state index is 0.401. The molecular weight excluding hydrogens is 192 g/mol. The van der Waals surface area contributed by atoms with Gasteiger partial charge in [-0.15, -0.1) is 6.58 Å². The molecule has 0 amide bonds.